The minimum absolute atomic E-state index is 0.156. The Kier molecular flexibility index (Phi) is 5.53. The van der Waals surface area contributed by atoms with Gasteiger partial charge in [-0.1, -0.05) is 72.3 Å². The zero-order valence-electron chi connectivity index (χ0n) is 17.3. The van der Waals surface area contributed by atoms with Gasteiger partial charge in [0.2, 0.25) is 0 Å². The van der Waals surface area contributed by atoms with Crippen molar-refractivity contribution in [3.63, 3.8) is 0 Å². The SMILES string of the molecule is CN1CCc2ccccc2[C@@H]1Cc1ccccc1NC(=O)c1sc2ccccc2c1Cl. The van der Waals surface area contributed by atoms with E-state index in [1.54, 1.807) is 0 Å². The van der Waals surface area contributed by atoms with Gasteiger partial charge >= 0.3 is 0 Å². The lowest BCUT2D eigenvalue weighted by Gasteiger charge is -2.35. The minimum atomic E-state index is -0.156. The van der Waals surface area contributed by atoms with Gasteiger partial charge in [-0.15, -0.1) is 11.3 Å². The number of carbonyl (C=O) groups is 1. The second-order valence-electron chi connectivity index (χ2n) is 8.00. The summed E-state index contributed by atoms with van der Waals surface area (Å²) in [6.45, 7) is 1.04. The highest BCUT2D eigenvalue weighted by molar-refractivity contribution is 7.21. The van der Waals surface area contributed by atoms with Crippen molar-refractivity contribution in [2.45, 2.75) is 18.9 Å². The van der Waals surface area contributed by atoms with Crippen LogP contribution in [0.2, 0.25) is 5.02 Å². The van der Waals surface area contributed by atoms with Gasteiger partial charge in [0, 0.05) is 28.4 Å². The lowest BCUT2D eigenvalue weighted by Crippen LogP contribution is -2.33. The van der Waals surface area contributed by atoms with Crippen LogP contribution in [0.3, 0.4) is 0 Å². The number of fused-ring (bicyclic) bond motifs is 2. The van der Waals surface area contributed by atoms with Crippen LogP contribution in [0.15, 0.2) is 72.8 Å². The van der Waals surface area contributed by atoms with E-state index in [4.69, 9.17) is 11.6 Å². The van der Waals surface area contributed by atoms with E-state index in [0.717, 1.165) is 40.7 Å². The van der Waals surface area contributed by atoms with E-state index < -0.39 is 0 Å². The third-order valence-corrected chi connectivity index (χ3v) is 7.77. The van der Waals surface area contributed by atoms with Gasteiger partial charge < -0.3 is 5.32 Å². The summed E-state index contributed by atoms with van der Waals surface area (Å²) < 4.78 is 1.02. The summed E-state index contributed by atoms with van der Waals surface area (Å²) in [5.74, 6) is -0.156. The van der Waals surface area contributed by atoms with Crippen LogP contribution in [-0.4, -0.2) is 24.4 Å². The first kappa shape index (κ1) is 20.3. The number of likely N-dealkylation sites (N-methyl/N-ethyl adjacent to an activating group) is 1. The van der Waals surface area contributed by atoms with E-state index in [9.17, 15) is 4.79 Å². The second-order valence-corrected chi connectivity index (χ2v) is 9.43. The number of hydrogen-bond donors (Lipinski definition) is 1. The summed E-state index contributed by atoms with van der Waals surface area (Å²) >= 11 is 7.96. The van der Waals surface area contributed by atoms with Crippen LogP contribution in [0, 0.1) is 0 Å². The van der Waals surface area contributed by atoms with Gasteiger partial charge in [-0.3, -0.25) is 9.69 Å². The maximum absolute atomic E-state index is 13.1. The van der Waals surface area contributed by atoms with Gasteiger partial charge in [0.15, 0.2) is 0 Å². The fourth-order valence-corrected chi connectivity index (χ4v) is 5.82. The van der Waals surface area contributed by atoms with Crippen molar-refractivity contribution >= 4 is 44.6 Å². The van der Waals surface area contributed by atoms with Crippen molar-refractivity contribution in [1.82, 2.24) is 4.90 Å². The molecule has 156 valence electrons. The number of benzene rings is 3. The Balaban J connectivity index is 1.43. The number of amides is 1. The second kappa shape index (κ2) is 8.46. The van der Waals surface area contributed by atoms with E-state index in [-0.39, 0.29) is 11.9 Å². The normalized spacial score (nSPS) is 16.3. The van der Waals surface area contributed by atoms with Gasteiger partial charge in [-0.2, -0.15) is 0 Å². The van der Waals surface area contributed by atoms with E-state index >= 15 is 0 Å². The quantitative estimate of drug-likeness (QED) is 0.384. The summed E-state index contributed by atoms with van der Waals surface area (Å²) in [5.41, 5.74) is 4.77. The molecule has 0 fully saturated rings. The van der Waals surface area contributed by atoms with Gasteiger partial charge in [0.1, 0.15) is 4.88 Å². The zero-order chi connectivity index (χ0) is 21.4. The highest BCUT2D eigenvalue weighted by atomic mass is 35.5. The molecule has 0 spiro atoms. The first-order valence-electron chi connectivity index (χ1n) is 10.5. The Morgan fingerprint density at radius 1 is 1.06 bits per heavy atom. The topological polar surface area (TPSA) is 32.3 Å². The molecule has 5 heteroatoms. The number of halogens is 1. The predicted octanol–water partition coefficient (Wildman–Crippen LogP) is 6.58. The standard InChI is InChI=1S/C26H23ClN2OS/c1-29-15-14-17-8-2-4-10-19(17)22(29)16-18-9-3-6-12-21(18)28-26(30)25-24(27)20-11-5-7-13-23(20)31-25/h2-13,22H,14-16H2,1H3,(H,28,30)/t22-/m0/s1. The fourth-order valence-electron chi connectivity index (χ4n) is 4.41. The smallest absolute Gasteiger partial charge is 0.267 e. The molecule has 1 aliphatic heterocycles. The summed E-state index contributed by atoms with van der Waals surface area (Å²) in [6.07, 6.45) is 1.91. The van der Waals surface area contributed by atoms with Crippen LogP contribution in [0.1, 0.15) is 32.4 Å². The van der Waals surface area contributed by atoms with E-state index in [1.807, 2.05) is 42.5 Å². The average molecular weight is 447 g/mol. The van der Waals surface area contributed by atoms with Crippen molar-refractivity contribution in [2.75, 3.05) is 18.9 Å². The van der Waals surface area contributed by atoms with Crippen molar-refractivity contribution in [3.05, 3.63) is 99.4 Å². The van der Waals surface area contributed by atoms with Crippen LogP contribution < -0.4 is 5.32 Å². The summed E-state index contributed by atoms with van der Waals surface area (Å²) in [7, 11) is 2.18. The van der Waals surface area contributed by atoms with Gasteiger partial charge in [0.25, 0.3) is 5.91 Å². The van der Waals surface area contributed by atoms with Gasteiger partial charge in [-0.05, 0) is 48.7 Å². The lowest BCUT2D eigenvalue weighted by molar-refractivity contribution is 0.103. The molecule has 1 amide bonds. The third kappa shape index (κ3) is 3.87. The Morgan fingerprint density at radius 3 is 2.68 bits per heavy atom. The molecule has 1 N–H and O–H groups in total. The number of nitrogens with one attached hydrogen (secondary N) is 1. The molecule has 31 heavy (non-hydrogen) atoms. The number of para-hydroxylation sites is 1. The Bertz CT molecular complexity index is 1270. The first-order chi connectivity index (χ1) is 15.1. The number of hydrogen-bond acceptors (Lipinski definition) is 3. The number of anilines is 1. The highest BCUT2D eigenvalue weighted by Gasteiger charge is 2.26. The number of rotatable bonds is 4. The van der Waals surface area contributed by atoms with E-state index in [0.29, 0.717) is 9.90 Å². The Morgan fingerprint density at radius 2 is 1.81 bits per heavy atom. The molecule has 0 saturated heterocycles. The molecule has 0 aliphatic carbocycles. The molecular weight excluding hydrogens is 424 g/mol. The molecule has 0 bridgehead atoms. The van der Waals surface area contributed by atoms with Gasteiger partial charge in [-0.25, -0.2) is 0 Å². The Hall–Kier alpha value is -2.66. The van der Waals surface area contributed by atoms with Crippen LogP contribution in [-0.2, 0) is 12.8 Å². The van der Waals surface area contributed by atoms with Crippen LogP contribution in [0.5, 0.6) is 0 Å². The molecule has 1 aliphatic rings. The maximum Gasteiger partial charge on any atom is 0.267 e. The van der Waals surface area contributed by atoms with Crippen LogP contribution in [0.25, 0.3) is 10.1 Å². The van der Waals surface area contributed by atoms with Crippen LogP contribution >= 0.6 is 22.9 Å². The number of thiophene rings is 1. The van der Waals surface area contributed by atoms with Crippen molar-refractivity contribution in [2.24, 2.45) is 0 Å². The minimum Gasteiger partial charge on any atom is -0.321 e. The molecule has 5 rings (SSSR count). The molecule has 4 aromatic rings. The highest BCUT2D eigenvalue weighted by Crippen LogP contribution is 2.36. The summed E-state index contributed by atoms with van der Waals surface area (Å²) in [5, 5.41) is 4.57. The molecule has 0 saturated carbocycles. The molecule has 3 nitrogen and oxygen atoms in total. The average Bonchev–Trinajstić information content (AvgIpc) is 3.14. The molecule has 0 unspecified atom stereocenters. The molecular formula is C26H23ClN2OS. The van der Waals surface area contributed by atoms with Crippen molar-refractivity contribution in [1.29, 1.82) is 0 Å². The molecule has 1 atom stereocenters. The summed E-state index contributed by atoms with van der Waals surface area (Å²) in [4.78, 5) is 16.1. The summed E-state index contributed by atoms with van der Waals surface area (Å²) in [6, 6.07) is 24.9. The van der Waals surface area contributed by atoms with Crippen LogP contribution in [0.4, 0.5) is 5.69 Å². The third-order valence-electron chi connectivity index (χ3n) is 6.10. The largest absolute Gasteiger partial charge is 0.321 e. The van der Waals surface area contributed by atoms with Crippen molar-refractivity contribution < 1.29 is 4.79 Å². The fraction of sp³-hybridized carbons (Fsp3) is 0.192. The predicted molar refractivity (Wildman–Crippen MR) is 130 cm³/mol. The molecule has 1 aromatic heterocycles. The monoisotopic (exact) mass is 446 g/mol. The van der Waals surface area contributed by atoms with Gasteiger partial charge in [0.05, 0.1) is 5.02 Å². The molecule has 0 radical (unpaired) electrons. The molecule has 3 aromatic carbocycles. The number of carbonyl (C=O) groups excluding carboxylic acids is 1. The zero-order valence-corrected chi connectivity index (χ0v) is 18.8. The van der Waals surface area contributed by atoms with E-state index in [1.165, 1.54) is 22.5 Å². The lowest BCUT2D eigenvalue weighted by atomic mass is 9.89. The number of nitrogens with zero attached hydrogens (tertiary/aromatic N) is 1. The maximum atomic E-state index is 13.1. The van der Waals surface area contributed by atoms with E-state index in [2.05, 4.69) is 47.6 Å². The molecule has 2 heterocycles. The van der Waals surface area contributed by atoms with Crippen molar-refractivity contribution in [3.8, 4) is 0 Å². The Labute approximate surface area is 191 Å². The first-order valence-corrected chi connectivity index (χ1v) is 11.7.